The maximum atomic E-state index is 13.9. The minimum absolute atomic E-state index is 0.0349. The van der Waals surface area contributed by atoms with Crippen molar-refractivity contribution in [3.8, 4) is 11.5 Å². The van der Waals surface area contributed by atoms with Crippen LogP contribution in [0.4, 0.5) is 0 Å². The van der Waals surface area contributed by atoms with Crippen LogP contribution in [0.2, 0.25) is 0 Å². The van der Waals surface area contributed by atoms with Crippen molar-refractivity contribution in [2.75, 3.05) is 27.4 Å². The molecule has 9 heteroatoms. The smallest absolute Gasteiger partial charge is 0.192 e. The summed E-state index contributed by atoms with van der Waals surface area (Å²) in [7, 11) is 3.17. The maximum absolute atomic E-state index is 13.9. The highest BCUT2D eigenvalue weighted by Crippen LogP contribution is 2.78. The van der Waals surface area contributed by atoms with Gasteiger partial charge in [0, 0.05) is 46.9 Å². The molecule has 1 saturated heterocycles. The second kappa shape index (κ2) is 9.58. The second-order valence-electron chi connectivity index (χ2n) is 13.5. The van der Waals surface area contributed by atoms with Gasteiger partial charge < -0.3 is 25.1 Å². The van der Waals surface area contributed by atoms with Crippen LogP contribution < -0.4 is 9.47 Å². The van der Waals surface area contributed by atoms with Crippen molar-refractivity contribution >= 4 is 17.8 Å². The van der Waals surface area contributed by atoms with Crippen molar-refractivity contribution in [3.05, 3.63) is 47.6 Å². The van der Waals surface area contributed by atoms with E-state index in [0.29, 0.717) is 43.9 Å². The number of ketones is 2. The summed E-state index contributed by atoms with van der Waals surface area (Å²) in [5, 5.41) is 33.2. The zero-order chi connectivity index (χ0) is 30.3. The van der Waals surface area contributed by atoms with Crippen LogP contribution in [0.5, 0.6) is 11.5 Å². The number of fused-ring (bicyclic) bond motifs is 7. The molecule has 42 heavy (non-hydrogen) atoms. The maximum Gasteiger partial charge on any atom is 0.192 e. The molecule has 1 heterocycles. The zero-order valence-corrected chi connectivity index (χ0v) is 25.1. The third kappa shape index (κ3) is 3.36. The fourth-order valence-corrected chi connectivity index (χ4v) is 10.1. The number of nitrogens with zero attached hydrogens (tertiary/aromatic N) is 1. The summed E-state index contributed by atoms with van der Waals surface area (Å²) < 4.78 is 10.9. The predicted molar refractivity (Wildman–Crippen MR) is 155 cm³/mol. The highest BCUT2D eigenvalue weighted by atomic mass is 16.7. The van der Waals surface area contributed by atoms with E-state index in [1.54, 1.807) is 31.4 Å². The molecule has 4 aliphatic carbocycles. The molecule has 6 rings (SSSR count). The quantitative estimate of drug-likeness (QED) is 0.418. The van der Waals surface area contributed by atoms with Crippen LogP contribution in [0.25, 0.3) is 0 Å². The number of carbonyl (C=O) groups excluding carboxylic acids is 2. The van der Waals surface area contributed by atoms with Gasteiger partial charge in [-0.15, -0.1) is 0 Å². The molecule has 1 aliphatic heterocycles. The van der Waals surface area contributed by atoms with Crippen LogP contribution in [0.3, 0.4) is 0 Å². The Morgan fingerprint density at radius 2 is 1.93 bits per heavy atom. The van der Waals surface area contributed by atoms with E-state index in [-0.39, 0.29) is 24.0 Å². The summed E-state index contributed by atoms with van der Waals surface area (Å²) in [4.78, 5) is 33.0. The third-order valence-corrected chi connectivity index (χ3v) is 12.4. The van der Waals surface area contributed by atoms with Crippen molar-refractivity contribution < 1.29 is 34.1 Å². The van der Waals surface area contributed by atoms with Crippen molar-refractivity contribution in [2.45, 2.75) is 64.7 Å². The first-order valence-corrected chi connectivity index (χ1v) is 14.8. The highest BCUT2D eigenvalue weighted by Gasteiger charge is 2.82. The lowest BCUT2D eigenvalue weighted by Gasteiger charge is -2.69. The minimum atomic E-state index is -1.40. The number of aliphatic hydroxyl groups excluding tert-OH is 2. The lowest BCUT2D eigenvalue weighted by Crippen LogP contribution is -2.71. The van der Waals surface area contributed by atoms with E-state index in [1.165, 1.54) is 6.21 Å². The lowest BCUT2D eigenvalue weighted by atomic mass is 9.35. The normalized spacial score (nSPS) is 42.2. The Morgan fingerprint density at radius 3 is 2.60 bits per heavy atom. The highest BCUT2D eigenvalue weighted by molar-refractivity contribution is 6.01. The van der Waals surface area contributed by atoms with Crippen LogP contribution in [0.1, 0.15) is 52.0 Å². The van der Waals surface area contributed by atoms with Gasteiger partial charge in [0.05, 0.1) is 20.3 Å². The molecule has 0 spiro atoms. The van der Waals surface area contributed by atoms with Crippen molar-refractivity contribution in [3.63, 3.8) is 0 Å². The SMILES string of the molecule is COc1ccc(CN2C[C@@H]3C[C@@]4(C=N)[C@@H]5CCC6=CC(=O)C=C[C@]6(C)[C@@]5(C)[C@@H](O)C[C@]4(C)[C@]3(C(=O)CO)O2)cc1OC. The Labute approximate surface area is 247 Å². The van der Waals surface area contributed by atoms with E-state index < -0.39 is 45.8 Å². The largest absolute Gasteiger partial charge is 0.493 e. The number of hydrogen-bond acceptors (Lipinski definition) is 9. The molecule has 1 aromatic rings. The fourth-order valence-electron chi connectivity index (χ4n) is 10.1. The van der Waals surface area contributed by atoms with Gasteiger partial charge in [0.1, 0.15) is 6.61 Å². The molecule has 0 radical (unpaired) electrons. The summed E-state index contributed by atoms with van der Waals surface area (Å²) in [6.45, 7) is 6.34. The lowest BCUT2D eigenvalue weighted by molar-refractivity contribution is -0.273. The molecule has 4 fully saturated rings. The van der Waals surface area contributed by atoms with Gasteiger partial charge in [-0.1, -0.05) is 38.5 Å². The van der Waals surface area contributed by atoms with Gasteiger partial charge in [-0.2, -0.15) is 5.06 Å². The average Bonchev–Trinajstić information content (AvgIpc) is 3.43. The molecule has 226 valence electrons. The molecule has 3 saturated carbocycles. The molecule has 0 amide bonds. The van der Waals surface area contributed by atoms with E-state index in [0.717, 1.165) is 11.1 Å². The number of nitrogens with one attached hydrogen (secondary N) is 1. The molecule has 0 aromatic heterocycles. The third-order valence-electron chi connectivity index (χ3n) is 12.4. The number of ether oxygens (including phenoxy) is 2. The topological polar surface area (TPSA) is 129 Å². The predicted octanol–water partition coefficient (Wildman–Crippen LogP) is 3.67. The van der Waals surface area contributed by atoms with Crippen LogP contribution in [-0.4, -0.2) is 72.1 Å². The number of rotatable bonds is 7. The fraction of sp³-hybridized carbons (Fsp3) is 0.606. The van der Waals surface area contributed by atoms with Crippen molar-refractivity contribution in [1.29, 1.82) is 5.41 Å². The first-order valence-electron chi connectivity index (χ1n) is 14.8. The number of hydroxylamine groups is 2. The molecule has 3 N–H and O–H groups in total. The summed E-state index contributed by atoms with van der Waals surface area (Å²) >= 11 is 0. The van der Waals surface area contributed by atoms with Gasteiger partial charge in [0.2, 0.25) is 0 Å². The van der Waals surface area contributed by atoms with E-state index >= 15 is 0 Å². The molecule has 0 unspecified atom stereocenters. The number of allylic oxidation sites excluding steroid dienone is 4. The monoisotopic (exact) mass is 578 g/mol. The Hall–Kier alpha value is -2.85. The number of hydrogen-bond donors (Lipinski definition) is 3. The molecule has 8 atom stereocenters. The molecule has 1 aromatic carbocycles. The second-order valence-corrected chi connectivity index (χ2v) is 13.5. The first kappa shape index (κ1) is 29.2. The van der Waals surface area contributed by atoms with Gasteiger partial charge in [-0.05, 0) is 61.4 Å². The molecule has 5 aliphatic rings. The van der Waals surface area contributed by atoms with Crippen molar-refractivity contribution in [2.24, 2.45) is 33.5 Å². The van der Waals surface area contributed by atoms with Crippen LogP contribution >= 0.6 is 0 Å². The summed E-state index contributed by atoms with van der Waals surface area (Å²) in [5.74, 6) is 0.339. The zero-order valence-electron chi connectivity index (χ0n) is 25.1. The van der Waals surface area contributed by atoms with E-state index in [1.807, 2.05) is 31.2 Å². The van der Waals surface area contributed by atoms with Gasteiger partial charge in [0.15, 0.2) is 28.7 Å². The summed E-state index contributed by atoms with van der Waals surface area (Å²) in [5.41, 5.74) is -2.40. The van der Waals surface area contributed by atoms with Gasteiger partial charge in [-0.3, -0.25) is 14.4 Å². The molecular weight excluding hydrogens is 536 g/mol. The Kier molecular flexibility index (Phi) is 6.66. The number of carbonyl (C=O) groups is 2. The van der Waals surface area contributed by atoms with Gasteiger partial charge >= 0.3 is 0 Å². The van der Waals surface area contributed by atoms with Crippen LogP contribution in [-0.2, 0) is 21.0 Å². The minimum Gasteiger partial charge on any atom is -0.493 e. The van der Waals surface area contributed by atoms with E-state index in [4.69, 9.17) is 19.7 Å². The number of Topliss-reactive ketones (excluding diaryl/α,β-unsaturated/α-hetero) is 1. The Morgan fingerprint density at radius 1 is 1.19 bits per heavy atom. The van der Waals surface area contributed by atoms with E-state index in [9.17, 15) is 19.8 Å². The van der Waals surface area contributed by atoms with Crippen LogP contribution in [0.15, 0.2) is 42.0 Å². The summed E-state index contributed by atoms with van der Waals surface area (Å²) in [6, 6.07) is 5.64. The summed E-state index contributed by atoms with van der Waals surface area (Å²) in [6.07, 6.45) is 8.10. The van der Waals surface area contributed by atoms with Gasteiger partial charge in [0.25, 0.3) is 0 Å². The van der Waals surface area contributed by atoms with Gasteiger partial charge in [-0.25, -0.2) is 0 Å². The standard InChI is InChI=1S/C33H42N2O7/c1-29-11-10-23(37)13-21(29)7-9-26-31(29,3)27(38)15-30(2)32(26,19-34)14-22-17-35(42-33(22,30)28(39)18-36)16-20-6-8-24(40-4)25(12-20)41-5/h6,8,10-13,19,22,26-27,34,36,38H,7,9,14-18H2,1-5H3/t22-,26+,27-,29-,30-,31+,32+,33-/m0/s1. The van der Waals surface area contributed by atoms with Crippen LogP contribution in [0, 0.1) is 38.9 Å². The Bertz CT molecular complexity index is 1410. The average molecular weight is 579 g/mol. The molecule has 0 bridgehead atoms. The van der Waals surface area contributed by atoms with Crippen molar-refractivity contribution in [1.82, 2.24) is 5.06 Å². The molecule has 9 nitrogen and oxygen atoms in total. The first-order chi connectivity index (χ1) is 19.9. The number of methoxy groups -OCH3 is 2. The number of aliphatic hydroxyl groups is 2. The van der Waals surface area contributed by atoms with E-state index in [2.05, 4.69) is 13.8 Å². The Balaban J connectivity index is 1.41. The number of benzene rings is 1. The molecular formula is C33H42N2O7.